The number of nitrogens with zero attached hydrogens (tertiary/aromatic N) is 2. The number of likely N-dealkylation sites (tertiary alicyclic amines) is 1. The fourth-order valence-corrected chi connectivity index (χ4v) is 4.55. The van der Waals surface area contributed by atoms with E-state index in [4.69, 9.17) is 9.15 Å². The van der Waals surface area contributed by atoms with Crippen LogP contribution in [0, 0.1) is 6.92 Å². The van der Waals surface area contributed by atoms with Crippen LogP contribution in [-0.4, -0.2) is 66.0 Å². The van der Waals surface area contributed by atoms with Gasteiger partial charge in [-0.1, -0.05) is 0 Å². The van der Waals surface area contributed by atoms with Crippen LogP contribution in [0.1, 0.15) is 43.6 Å². The van der Waals surface area contributed by atoms with Crippen molar-refractivity contribution in [1.29, 1.82) is 0 Å². The van der Waals surface area contributed by atoms with Gasteiger partial charge in [0.15, 0.2) is 0 Å². The summed E-state index contributed by atoms with van der Waals surface area (Å²) in [5.41, 5.74) is 0.00216. The smallest absolute Gasteiger partial charge is 0.237 e. The van der Waals surface area contributed by atoms with Gasteiger partial charge in [0.1, 0.15) is 11.5 Å². The molecule has 0 radical (unpaired) electrons. The number of amides is 2. The lowest BCUT2D eigenvalue weighted by Crippen LogP contribution is -2.56. The number of rotatable bonds is 4. The number of hydrogen-bond donors (Lipinski definition) is 1. The molecule has 1 spiro atoms. The number of hydrogen-bond acceptors (Lipinski definition) is 5. The van der Waals surface area contributed by atoms with Crippen molar-refractivity contribution >= 4 is 11.8 Å². The van der Waals surface area contributed by atoms with E-state index in [0.717, 1.165) is 63.4 Å². The minimum atomic E-state index is -0.435. The van der Waals surface area contributed by atoms with Gasteiger partial charge in [0.2, 0.25) is 11.8 Å². The van der Waals surface area contributed by atoms with Crippen molar-refractivity contribution in [3.8, 4) is 0 Å². The molecule has 4 rings (SSSR count). The maximum Gasteiger partial charge on any atom is 0.237 e. The van der Waals surface area contributed by atoms with Gasteiger partial charge >= 0.3 is 0 Å². The highest BCUT2D eigenvalue weighted by atomic mass is 16.5. The molecule has 1 atom stereocenters. The Morgan fingerprint density at radius 3 is 2.74 bits per heavy atom. The summed E-state index contributed by atoms with van der Waals surface area (Å²) >= 11 is 0. The summed E-state index contributed by atoms with van der Waals surface area (Å²) < 4.78 is 11.6. The summed E-state index contributed by atoms with van der Waals surface area (Å²) in [6, 6.07) is 3.43. The van der Waals surface area contributed by atoms with Crippen LogP contribution in [0.2, 0.25) is 0 Å². The molecule has 7 heteroatoms. The molecule has 0 aliphatic carbocycles. The normalized spacial score (nSPS) is 25.7. The van der Waals surface area contributed by atoms with Crippen LogP contribution in [0.4, 0.5) is 0 Å². The number of aryl methyl sites for hydroxylation is 1. The average Bonchev–Trinajstić information content (AvgIpc) is 3.28. The number of carbonyl (C=O) groups excluding carboxylic acids is 2. The summed E-state index contributed by atoms with van der Waals surface area (Å²) in [7, 11) is 0. The molecule has 2 amide bonds. The van der Waals surface area contributed by atoms with Crippen molar-refractivity contribution in [3.05, 3.63) is 23.7 Å². The third-order valence-electron chi connectivity index (χ3n) is 6.18. The Balaban J connectivity index is 1.36. The first-order valence-electron chi connectivity index (χ1n) is 10.0. The van der Waals surface area contributed by atoms with E-state index in [-0.39, 0.29) is 23.8 Å². The van der Waals surface area contributed by atoms with Crippen molar-refractivity contribution < 1.29 is 18.7 Å². The summed E-state index contributed by atoms with van der Waals surface area (Å²) in [4.78, 5) is 29.3. The second-order valence-electron chi connectivity index (χ2n) is 8.01. The van der Waals surface area contributed by atoms with E-state index in [1.54, 1.807) is 0 Å². The summed E-state index contributed by atoms with van der Waals surface area (Å²) in [5.74, 6) is 1.68. The van der Waals surface area contributed by atoms with E-state index in [2.05, 4.69) is 10.2 Å². The molecule has 3 saturated heterocycles. The van der Waals surface area contributed by atoms with Gasteiger partial charge in [-0.15, -0.1) is 0 Å². The van der Waals surface area contributed by atoms with Gasteiger partial charge in [0, 0.05) is 32.8 Å². The fourth-order valence-electron chi connectivity index (χ4n) is 4.55. The van der Waals surface area contributed by atoms with E-state index in [1.165, 1.54) is 0 Å². The lowest BCUT2D eigenvalue weighted by Gasteiger charge is -2.40. The Labute approximate surface area is 160 Å². The Morgan fingerprint density at radius 1 is 1.26 bits per heavy atom. The van der Waals surface area contributed by atoms with Crippen LogP contribution < -0.4 is 5.32 Å². The first-order valence-corrected chi connectivity index (χ1v) is 10.0. The summed E-state index contributed by atoms with van der Waals surface area (Å²) in [6.45, 7) is 6.08. The molecular weight excluding hydrogens is 346 g/mol. The topological polar surface area (TPSA) is 75.0 Å². The molecule has 1 N–H and O–H groups in total. The lowest BCUT2D eigenvalue weighted by atomic mass is 9.88. The Morgan fingerprint density at radius 2 is 2.07 bits per heavy atom. The van der Waals surface area contributed by atoms with Crippen molar-refractivity contribution in [3.63, 3.8) is 0 Å². The maximum absolute atomic E-state index is 12.9. The standard InChI is InChI=1S/C20H29N3O4/c1-15-3-4-16(27-15)14-23-11-8-21-19(25)17(23)13-18(24)22-9-6-20(7-10-22)5-2-12-26-20/h3-4,17H,2,5-14H2,1H3,(H,21,25)/t17-/m0/s1. The molecule has 0 unspecified atom stereocenters. The second-order valence-corrected chi connectivity index (χ2v) is 8.01. The van der Waals surface area contributed by atoms with Crippen LogP contribution in [0.15, 0.2) is 16.5 Å². The lowest BCUT2D eigenvalue weighted by molar-refractivity contribution is -0.142. The van der Waals surface area contributed by atoms with Gasteiger partial charge in [-0.05, 0) is 44.7 Å². The fraction of sp³-hybridized carbons (Fsp3) is 0.700. The first kappa shape index (κ1) is 18.5. The van der Waals surface area contributed by atoms with Crippen LogP contribution in [0.5, 0.6) is 0 Å². The van der Waals surface area contributed by atoms with Crippen LogP contribution in [0.25, 0.3) is 0 Å². The number of carbonyl (C=O) groups is 2. The van der Waals surface area contributed by atoms with Gasteiger partial charge in [-0.2, -0.15) is 0 Å². The Hall–Kier alpha value is -1.86. The van der Waals surface area contributed by atoms with E-state index < -0.39 is 6.04 Å². The largest absolute Gasteiger partial charge is 0.465 e. The zero-order valence-corrected chi connectivity index (χ0v) is 16.0. The number of piperidine rings is 1. The predicted molar refractivity (Wildman–Crippen MR) is 99.0 cm³/mol. The summed E-state index contributed by atoms with van der Waals surface area (Å²) in [6.07, 6.45) is 4.27. The van der Waals surface area contributed by atoms with Gasteiger partial charge in [0.25, 0.3) is 0 Å². The van der Waals surface area contributed by atoms with Gasteiger partial charge in [-0.25, -0.2) is 0 Å². The quantitative estimate of drug-likeness (QED) is 0.862. The predicted octanol–water partition coefficient (Wildman–Crippen LogP) is 1.45. The number of ether oxygens (including phenoxy) is 1. The second kappa shape index (κ2) is 7.64. The van der Waals surface area contributed by atoms with Crippen LogP contribution in [-0.2, 0) is 20.9 Å². The van der Waals surface area contributed by atoms with Gasteiger partial charge in [0.05, 0.1) is 24.6 Å². The summed E-state index contributed by atoms with van der Waals surface area (Å²) in [5, 5.41) is 2.90. The molecule has 0 aromatic carbocycles. The molecule has 3 aliphatic heterocycles. The molecular formula is C20H29N3O4. The molecule has 3 fully saturated rings. The molecule has 27 heavy (non-hydrogen) atoms. The van der Waals surface area contributed by atoms with E-state index in [0.29, 0.717) is 13.1 Å². The molecule has 148 valence electrons. The monoisotopic (exact) mass is 375 g/mol. The SMILES string of the molecule is Cc1ccc(CN2CCNC(=O)[C@@H]2CC(=O)N2CCC3(CCCO3)CC2)o1. The Bertz CT molecular complexity index is 685. The maximum atomic E-state index is 12.9. The first-order chi connectivity index (χ1) is 13.0. The highest BCUT2D eigenvalue weighted by Crippen LogP contribution is 2.35. The van der Waals surface area contributed by atoms with Crippen LogP contribution in [0.3, 0.4) is 0 Å². The highest BCUT2D eigenvalue weighted by molar-refractivity contribution is 5.88. The number of piperazine rings is 1. The number of nitrogens with one attached hydrogen (secondary N) is 1. The third-order valence-corrected chi connectivity index (χ3v) is 6.18. The van der Waals surface area contributed by atoms with Crippen molar-refractivity contribution in [2.24, 2.45) is 0 Å². The third kappa shape index (κ3) is 4.04. The molecule has 0 saturated carbocycles. The highest BCUT2D eigenvalue weighted by Gasteiger charge is 2.40. The minimum absolute atomic E-state index is 0.00216. The van der Waals surface area contributed by atoms with Crippen LogP contribution >= 0.6 is 0 Å². The van der Waals surface area contributed by atoms with E-state index in [1.807, 2.05) is 24.0 Å². The van der Waals surface area contributed by atoms with Gasteiger partial charge < -0.3 is 19.4 Å². The minimum Gasteiger partial charge on any atom is -0.465 e. The Kier molecular flexibility index (Phi) is 5.23. The average molecular weight is 375 g/mol. The van der Waals surface area contributed by atoms with Crippen molar-refractivity contribution in [2.75, 3.05) is 32.8 Å². The van der Waals surface area contributed by atoms with Crippen molar-refractivity contribution in [2.45, 2.75) is 57.2 Å². The van der Waals surface area contributed by atoms with E-state index >= 15 is 0 Å². The molecule has 4 heterocycles. The van der Waals surface area contributed by atoms with Crippen molar-refractivity contribution in [1.82, 2.24) is 15.1 Å². The van der Waals surface area contributed by atoms with E-state index in [9.17, 15) is 9.59 Å². The zero-order chi connectivity index (χ0) is 18.9. The molecule has 7 nitrogen and oxygen atoms in total. The molecule has 0 bridgehead atoms. The molecule has 3 aliphatic rings. The van der Waals surface area contributed by atoms with Gasteiger partial charge in [-0.3, -0.25) is 14.5 Å². The zero-order valence-electron chi connectivity index (χ0n) is 16.0. The molecule has 1 aromatic heterocycles. The molecule has 1 aromatic rings. The number of furan rings is 1.